The Labute approximate surface area is 168 Å². The van der Waals surface area contributed by atoms with Crippen molar-refractivity contribution in [1.29, 1.82) is 0 Å². The average molecular weight is 458 g/mol. The number of nitrogens with one attached hydrogen (secondary N) is 1. The number of piperazine rings is 1. The van der Waals surface area contributed by atoms with Gasteiger partial charge in [0.1, 0.15) is 0 Å². The molecule has 1 heterocycles. The zero-order valence-electron chi connectivity index (χ0n) is 15.2. The predicted molar refractivity (Wildman–Crippen MR) is 115 cm³/mol. The molecule has 1 saturated heterocycles. The molecule has 0 amide bonds. The number of halogens is 1. The lowest BCUT2D eigenvalue weighted by atomic mass is 10.2. The quantitative estimate of drug-likeness (QED) is 0.295. The molecule has 0 aromatic heterocycles. The molecule has 0 spiro atoms. The van der Waals surface area contributed by atoms with Crippen LogP contribution < -0.4 is 10.2 Å². The Bertz CT molecular complexity index is 513. The summed E-state index contributed by atoms with van der Waals surface area (Å²) < 4.78 is 5.69. The third kappa shape index (κ3) is 6.66. The number of nitrogens with zero attached hydrogens (tertiary/aromatic N) is 3. The first-order chi connectivity index (χ1) is 11.9. The van der Waals surface area contributed by atoms with E-state index in [9.17, 15) is 0 Å². The van der Waals surface area contributed by atoms with Gasteiger partial charge in [0.2, 0.25) is 0 Å². The van der Waals surface area contributed by atoms with Gasteiger partial charge in [0, 0.05) is 45.0 Å². The van der Waals surface area contributed by atoms with Gasteiger partial charge in [-0.05, 0) is 37.8 Å². The van der Waals surface area contributed by atoms with Gasteiger partial charge in [0.25, 0.3) is 0 Å². The van der Waals surface area contributed by atoms with Crippen molar-refractivity contribution in [2.75, 3.05) is 57.4 Å². The van der Waals surface area contributed by atoms with Crippen LogP contribution >= 0.6 is 24.0 Å². The van der Waals surface area contributed by atoms with E-state index in [1.807, 2.05) is 0 Å². The lowest BCUT2D eigenvalue weighted by Crippen LogP contribution is -2.52. The van der Waals surface area contributed by atoms with E-state index in [1.165, 1.54) is 18.5 Å². The fraction of sp³-hybridized carbons (Fsp3) is 0.632. The Morgan fingerprint density at radius 3 is 2.52 bits per heavy atom. The maximum atomic E-state index is 5.69. The van der Waals surface area contributed by atoms with E-state index in [2.05, 4.69) is 52.4 Å². The van der Waals surface area contributed by atoms with Crippen LogP contribution in [0.3, 0.4) is 0 Å². The van der Waals surface area contributed by atoms with Crippen molar-refractivity contribution in [1.82, 2.24) is 10.2 Å². The maximum Gasteiger partial charge on any atom is 0.194 e. The SMILES string of the molecule is CCNC(=NCCOCC1CC1)N1CCN(c2ccccc2)CC1.I. The van der Waals surface area contributed by atoms with Gasteiger partial charge < -0.3 is 19.9 Å². The topological polar surface area (TPSA) is 40.1 Å². The molecule has 0 radical (unpaired) electrons. The second-order valence-electron chi connectivity index (χ2n) is 6.56. The van der Waals surface area contributed by atoms with Gasteiger partial charge in [-0.1, -0.05) is 18.2 Å². The molecular formula is C19H31IN4O. The first-order valence-corrected chi connectivity index (χ1v) is 9.28. The minimum Gasteiger partial charge on any atom is -0.379 e. The molecule has 25 heavy (non-hydrogen) atoms. The van der Waals surface area contributed by atoms with Gasteiger partial charge in [-0.25, -0.2) is 0 Å². The first-order valence-electron chi connectivity index (χ1n) is 9.28. The molecule has 1 aromatic carbocycles. The monoisotopic (exact) mass is 458 g/mol. The van der Waals surface area contributed by atoms with Gasteiger partial charge >= 0.3 is 0 Å². The van der Waals surface area contributed by atoms with E-state index in [-0.39, 0.29) is 24.0 Å². The van der Waals surface area contributed by atoms with Gasteiger partial charge in [-0.3, -0.25) is 4.99 Å². The Kier molecular flexibility index (Phi) is 8.81. The summed E-state index contributed by atoms with van der Waals surface area (Å²) in [5, 5.41) is 3.42. The number of benzene rings is 1. The number of aliphatic imine (C=N–C) groups is 1. The van der Waals surface area contributed by atoms with Gasteiger partial charge in [-0.2, -0.15) is 0 Å². The van der Waals surface area contributed by atoms with Crippen LogP contribution in [0.1, 0.15) is 19.8 Å². The number of anilines is 1. The molecule has 0 atom stereocenters. The van der Waals surface area contributed by atoms with Crippen molar-refractivity contribution in [3.05, 3.63) is 30.3 Å². The van der Waals surface area contributed by atoms with Crippen molar-refractivity contribution >= 4 is 35.6 Å². The number of rotatable bonds is 7. The second kappa shape index (κ2) is 10.9. The van der Waals surface area contributed by atoms with E-state index in [1.54, 1.807) is 0 Å². The fourth-order valence-corrected chi connectivity index (χ4v) is 2.99. The minimum absolute atomic E-state index is 0. The van der Waals surface area contributed by atoms with Crippen LogP contribution in [0.2, 0.25) is 0 Å². The zero-order valence-corrected chi connectivity index (χ0v) is 17.5. The summed E-state index contributed by atoms with van der Waals surface area (Å²) >= 11 is 0. The Morgan fingerprint density at radius 1 is 1.16 bits per heavy atom. The predicted octanol–water partition coefficient (Wildman–Crippen LogP) is 2.82. The highest BCUT2D eigenvalue weighted by Gasteiger charge is 2.21. The van der Waals surface area contributed by atoms with Crippen LogP contribution in [0.5, 0.6) is 0 Å². The van der Waals surface area contributed by atoms with Gasteiger partial charge in [-0.15, -0.1) is 24.0 Å². The molecule has 1 saturated carbocycles. The van der Waals surface area contributed by atoms with Crippen LogP contribution in [0, 0.1) is 5.92 Å². The van der Waals surface area contributed by atoms with E-state index in [0.29, 0.717) is 0 Å². The fourth-order valence-electron chi connectivity index (χ4n) is 2.99. The van der Waals surface area contributed by atoms with E-state index < -0.39 is 0 Å². The molecule has 1 aromatic rings. The largest absolute Gasteiger partial charge is 0.379 e. The van der Waals surface area contributed by atoms with Crippen molar-refractivity contribution in [2.24, 2.45) is 10.9 Å². The van der Waals surface area contributed by atoms with E-state index in [0.717, 1.165) is 64.4 Å². The number of para-hydroxylation sites is 1. The lowest BCUT2D eigenvalue weighted by Gasteiger charge is -2.37. The third-order valence-corrected chi connectivity index (χ3v) is 4.58. The summed E-state index contributed by atoms with van der Waals surface area (Å²) in [5.74, 6) is 1.86. The number of hydrogen-bond acceptors (Lipinski definition) is 3. The summed E-state index contributed by atoms with van der Waals surface area (Å²) in [5.41, 5.74) is 1.31. The second-order valence-corrected chi connectivity index (χ2v) is 6.56. The van der Waals surface area contributed by atoms with E-state index >= 15 is 0 Å². The molecule has 2 aliphatic rings. The molecule has 0 unspecified atom stereocenters. The molecule has 0 bridgehead atoms. The molecule has 140 valence electrons. The van der Waals surface area contributed by atoms with Crippen LogP contribution in [0.4, 0.5) is 5.69 Å². The van der Waals surface area contributed by atoms with Crippen LogP contribution in [0.25, 0.3) is 0 Å². The Morgan fingerprint density at radius 2 is 1.88 bits per heavy atom. The third-order valence-electron chi connectivity index (χ3n) is 4.58. The molecule has 2 fully saturated rings. The molecule has 3 rings (SSSR count). The van der Waals surface area contributed by atoms with Gasteiger partial charge in [0.15, 0.2) is 5.96 Å². The van der Waals surface area contributed by atoms with Crippen molar-refractivity contribution in [3.63, 3.8) is 0 Å². The highest BCUT2D eigenvalue weighted by Crippen LogP contribution is 2.28. The molecule has 1 aliphatic heterocycles. The summed E-state index contributed by atoms with van der Waals surface area (Å²) in [6.45, 7) is 9.50. The zero-order chi connectivity index (χ0) is 16.6. The molecule has 6 heteroatoms. The standard InChI is InChI=1S/C19H30N4O.HI/c1-2-20-19(21-10-15-24-16-17-8-9-17)23-13-11-22(12-14-23)18-6-4-3-5-7-18;/h3-7,17H,2,8-16H2,1H3,(H,20,21);1H. The van der Waals surface area contributed by atoms with Crippen LogP contribution in [0.15, 0.2) is 35.3 Å². The Balaban J connectivity index is 0.00000225. The van der Waals surface area contributed by atoms with Crippen LogP contribution in [-0.4, -0.2) is 63.3 Å². The number of guanidine groups is 1. The summed E-state index contributed by atoms with van der Waals surface area (Å²) in [6.07, 6.45) is 2.69. The molecule has 1 N–H and O–H groups in total. The minimum atomic E-state index is 0. The van der Waals surface area contributed by atoms with Gasteiger partial charge in [0.05, 0.1) is 13.2 Å². The maximum absolute atomic E-state index is 5.69. The summed E-state index contributed by atoms with van der Waals surface area (Å²) in [4.78, 5) is 9.55. The number of ether oxygens (including phenoxy) is 1. The molecule has 5 nitrogen and oxygen atoms in total. The molecule has 1 aliphatic carbocycles. The molecular weight excluding hydrogens is 427 g/mol. The number of hydrogen-bond donors (Lipinski definition) is 1. The highest BCUT2D eigenvalue weighted by atomic mass is 127. The smallest absolute Gasteiger partial charge is 0.194 e. The highest BCUT2D eigenvalue weighted by molar-refractivity contribution is 14.0. The first kappa shape index (κ1) is 20.3. The van der Waals surface area contributed by atoms with Crippen molar-refractivity contribution in [2.45, 2.75) is 19.8 Å². The van der Waals surface area contributed by atoms with Crippen molar-refractivity contribution < 1.29 is 4.74 Å². The normalized spacial score (nSPS) is 18.0. The lowest BCUT2D eigenvalue weighted by molar-refractivity contribution is 0.131. The summed E-state index contributed by atoms with van der Waals surface area (Å²) in [7, 11) is 0. The van der Waals surface area contributed by atoms with E-state index in [4.69, 9.17) is 9.73 Å². The van der Waals surface area contributed by atoms with Crippen molar-refractivity contribution in [3.8, 4) is 0 Å². The van der Waals surface area contributed by atoms with Crippen LogP contribution in [-0.2, 0) is 4.74 Å². The Hall–Kier alpha value is -1.02. The average Bonchev–Trinajstić information content (AvgIpc) is 3.46. The summed E-state index contributed by atoms with van der Waals surface area (Å²) in [6, 6.07) is 10.7.